The van der Waals surface area contributed by atoms with Gasteiger partial charge in [-0.1, -0.05) is 35.3 Å². The van der Waals surface area contributed by atoms with Crippen molar-refractivity contribution in [2.75, 3.05) is 0 Å². The molecule has 26 heavy (non-hydrogen) atoms. The van der Waals surface area contributed by atoms with Crippen molar-refractivity contribution >= 4 is 35.0 Å². The average Bonchev–Trinajstić information content (AvgIpc) is 2.56. The molecule has 2 amide bonds. The van der Waals surface area contributed by atoms with E-state index in [0.717, 1.165) is 12.1 Å². The maximum absolute atomic E-state index is 12.8. The molecule has 0 unspecified atom stereocenters. The zero-order valence-electron chi connectivity index (χ0n) is 13.1. The van der Waals surface area contributed by atoms with E-state index in [2.05, 4.69) is 5.32 Å². The van der Waals surface area contributed by atoms with E-state index < -0.39 is 29.6 Å². The van der Waals surface area contributed by atoms with E-state index in [1.54, 1.807) is 18.2 Å². The van der Waals surface area contributed by atoms with Crippen molar-refractivity contribution in [3.05, 3.63) is 69.2 Å². The Kier molecular flexibility index (Phi) is 6.15. The first-order valence-electron chi connectivity index (χ1n) is 7.30. The van der Waals surface area contributed by atoms with Crippen LogP contribution in [0.1, 0.15) is 21.5 Å². The molecule has 0 saturated carbocycles. The summed E-state index contributed by atoms with van der Waals surface area (Å²) in [5.74, 6) is -1.75. The Morgan fingerprint density at radius 3 is 2.19 bits per heavy atom. The molecule has 0 fully saturated rings. The first kappa shape index (κ1) is 20.1. The molecule has 0 saturated heterocycles. The summed E-state index contributed by atoms with van der Waals surface area (Å²) in [4.78, 5) is 23.9. The molecule has 0 aliphatic rings. The van der Waals surface area contributed by atoms with Crippen LogP contribution in [0.2, 0.25) is 10.0 Å². The first-order valence-corrected chi connectivity index (χ1v) is 8.05. The fourth-order valence-electron chi connectivity index (χ4n) is 2.23. The Labute approximate surface area is 157 Å². The molecule has 1 atom stereocenters. The summed E-state index contributed by atoms with van der Waals surface area (Å²) in [6.45, 7) is 0. The van der Waals surface area contributed by atoms with Crippen LogP contribution in [0.4, 0.5) is 13.2 Å². The van der Waals surface area contributed by atoms with Gasteiger partial charge in [-0.05, 0) is 35.9 Å². The predicted octanol–water partition coefficient (Wildman–Crippen LogP) is 3.84. The van der Waals surface area contributed by atoms with Crippen molar-refractivity contribution in [3.8, 4) is 0 Å². The monoisotopic (exact) mass is 404 g/mol. The van der Waals surface area contributed by atoms with Crippen LogP contribution >= 0.6 is 23.2 Å². The van der Waals surface area contributed by atoms with E-state index in [1.807, 2.05) is 0 Å². The largest absolute Gasteiger partial charge is 0.416 e. The van der Waals surface area contributed by atoms with Gasteiger partial charge in [-0.15, -0.1) is 0 Å². The number of carbonyl (C=O) groups excluding carboxylic acids is 2. The number of primary amides is 1. The zero-order chi connectivity index (χ0) is 19.5. The second-order valence-electron chi connectivity index (χ2n) is 5.41. The van der Waals surface area contributed by atoms with E-state index in [9.17, 15) is 22.8 Å². The number of hydrogen-bond donors (Lipinski definition) is 2. The number of rotatable bonds is 5. The summed E-state index contributed by atoms with van der Waals surface area (Å²) < 4.78 is 38.3. The van der Waals surface area contributed by atoms with E-state index in [4.69, 9.17) is 28.9 Å². The highest BCUT2D eigenvalue weighted by Crippen LogP contribution is 2.29. The fraction of sp³-hybridized carbons (Fsp3) is 0.176. The highest BCUT2D eigenvalue weighted by molar-refractivity contribution is 6.36. The van der Waals surface area contributed by atoms with Gasteiger partial charge in [0, 0.05) is 22.0 Å². The first-order chi connectivity index (χ1) is 12.1. The second-order valence-corrected chi connectivity index (χ2v) is 6.23. The topological polar surface area (TPSA) is 72.2 Å². The van der Waals surface area contributed by atoms with E-state index in [1.165, 1.54) is 6.07 Å². The van der Waals surface area contributed by atoms with E-state index in [0.29, 0.717) is 11.6 Å². The lowest BCUT2D eigenvalue weighted by atomic mass is 10.0. The molecule has 0 heterocycles. The quantitative estimate of drug-likeness (QED) is 0.794. The standard InChI is InChI=1S/C17H13Cl2F3N2O2/c18-12-5-2-6-13(19)11(12)8-14(15(23)25)24-16(26)9-3-1-4-10(7-9)17(20,21)22/h1-7,14H,8H2,(H2,23,25)(H,24,26)/t14-/m1/s1. The van der Waals surface area contributed by atoms with Gasteiger partial charge in [-0.3, -0.25) is 9.59 Å². The number of amides is 2. The minimum Gasteiger partial charge on any atom is -0.368 e. The summed E-state index contributed by atoms with van der Waals surface area (Å²) in [6, 6.07) is 7.34. The SMILES string of the molecule is NC(=O)[C@@H](Cc1c(Cl)cccc1Cl)NC(=O)c1cccc(C(F)(F)F)c1. The van der Waals surface area contributed by atoms with Crippen LogP contribution in [0, 0.1) is 0 Å². The lowest BCUT2D eigenvalue weighted by Crippen LogP contribution is -2.46. The fourth-order valence-corrected chi connectivity index (χ4v) is 2.78. The van der Waals surface area contributed by atoms with Crippen molar-refractivity contribution < 1.29 is 22.8 Å². The third-order valence-electron chi connectivity index (χ3n) is 3.57. The molecule has 0 spiro atoms. The van der Waals surface area contributed by atoms with Crippen molar-refractivity contribution in [1.82, 2.24) is 5.32 Å². The normalized spacial score (nSPS) is 12.5. The minimum atomic E-state index is -4.59. The maximum Gasteiger partial charge on any atom is 0.416 e. The van der Waals surface area contributed by atoms with Gasteiger partial charge < -0.3 is 11.1 Å². The van der Waals surface area contributed by atoms with Gasteiger partial charge in [0.15, 0.2) is 0 Å². The van der Waals surface area contributed by atoms with Crippen LogP contribution in [-0.4, -0.2) is 17.9 Å². The van der Waals surface area contributed by atoms with Crippen molar-refractivity contribution in [3.63, 3.8) is 0 Å². The third kappa shape index (κ3) is 4.89. The minimum absolute atomic E-state index is 0.0987. The number of nitrogens with two attached hydrogens (primary N) is 1. The molecule has 0 aliphatic carbocycles. The number of benzene rings is 2. The van der Waals surface area contributed by atoms with Gasteiger partial charge in [0.25, 0.3) is 5.91 Å². The molecule has 138 valence electrons. The van der Waals surface area contributed by atoms with Crippen molar-refractivity contribution in [1.29, 1.82) is 0 Å². The smallest absolute Gasteiger partial charge is 0.368 e. The van der Waals surface area contributed by atoms with Crippen LogP contribution in [0.25, 0.3) is 0 Å². The Morgan fingerprint density at radius 2 is 1.65 bits per heavy atom. The number of nitrogens with one attached hydrogen (secondary N) is 1. The Bertz CT molecular complexity index is 821. The molecule has 0 radical (unpaired) electrons. The summed E-state index contributed by atoms with van der Waals surface area (Å²) in [7, 11) is 0. The molecule has 4 nitrogen and oxygen atoms in total. The summed E-state index contributed by atoms with van der Waals surface area (Å²) in [6.07, 6.45) is -4.69. The van der Waals surface area contributed by atoms with E-state index in [-0.39, 0.29) is 22.0 Å². The van der Waals surface area contributed by atoms with Gasteiger partial charge >= 0.3 is 6.18 Å². The van der Waals surface area contributed by atoms with Crippen LogP contribution in [0.3, 0.4) is 0 Å². The van der Waals surface area contributed by atoms with E-state index >= 15 is 0 Å². The summed E-state index contributed by atoms with van der Waals surface area (Å²) >= 11 is 12.1. The molecule has 3 N–H and O–H groups in total. The number of carbonyl (C=O) groups is 2. The molecular weight excluding hydrogens is 392 g/mol. The molecule has 2 aromatic carbocycles. The lowest BCUT2D eigenvalue weighted by Gasteiger charge is -2.17. The third-order valence-corrected chi connectivity index (χ3v) is 4.28. The number of hydrogen-bond acceptors (Lipinski definition) is 2. The van der Waals surface area contributed by atoms with Gasteiger partial charge in [0.2, 0.25) is 5.91 Å². The Morgan fingerprint density at radius 1 is 1.08 bits per heavy atom. The van der Waals surface area contributed by atoms with Crippen molar-refractivity contribution in [2.24, 2.45) is 5.73 Å². The molecule has 2 rings (SSSR count). The number of halogens is 5. The Hall–Kier alpha value is -2.25. The van der Waals surface area contributed by atoms with Crippen LogP contribution in [0.5, 0.6) is 0 Å². The Balaban J connectivity index is 2.23. The van der Waals surface area contributed by atoms with Gasteiger partial charge in [0.05, 0.1) is 5.56 Å². The molecular formula is C17H13Cl2F3N2O2. The van der Waals surface area contributed by atoms with Crippen molar-refractivity contribution in [2.45, 2.75) is 18.6 Å². The molecule has 0 aromatic heterocycles. The maximum atomic E-state index is 12.8. The molecule has 0 bridgehead atoms. The zero-order valence-corrected chi connectivity index (χ0v) is 14.6. The van der Waals surface area contributed by atoms with Crippen LogP contribution < -0.4 is 11.1 Å². The van der Waals surface area contributed by atoms with Gasteiger partial charge in [-0.2, -0.15) is 13.2 Å². The highest BCUT2D eigenvalue weighted by Gasteiger charge is 2.31. The summed E-state index contributed by atoms with van der Waals surface area (Å²) in [5, 5.41) is 2.87. The second kappa shape index (κ2) is 7.97. The number of alkyl halides is 3. The van der Waals surface area contributed by atoms with Crippen LogP contribution in [0.15, 0.2) is 42.5 Å². The van der Waals surface area contributed by atoms with Gasteiger partial charge in [-0.25, -0.2) is 0 Å². The van der Waals surface area contributed by atoms with Gasteiger partial charge in [0.1, 0.15) is 6.04 Å². The highest BCUT2D eigenvalue weighted by atomic mass is 35.5. The molecule has 0 aliphatic heterocycles. The molecule has 2 aromatic rings. The summed E-state index contributed by atoms with van der Waals surface area (Å²) in [5.41, 5.74) is 4.45. The van der Waals surface area contributed by atoms with Crippen LogP contribution in [-0.2, 0) is 17.4 Å². The predicted molar refractivity (Wildman–Crippen MR) is 92.1 cm³/mol. The lowest BCUT2D eigenvalue weighted by molar-refractivity contribution is -0.137. The molecule has 9 heteroatoms. The average molecular weight is 405 g/mol.